The minimum Gasteiger partial charge on any atom is -0.474 e. The lowest BCUT2D eigenvalue weighted by atomic mass is 9.96. The minimum atomic E-state index is -4.62. The second-order valence-corrected chi connectivity index (χ2v) is 7.88. The van der Waals surface area contributed by atoms with Crippen LogP contribution in [0.4, 0.5) is 32.2 Å². The average Bonchev–Trinajstić information content (AvgIpc) is 3.20. The van der Waals surface area contributed by atoms with E-state index in [0.29, 0.717) is 31.0 Å². The van der Waals surface area contributed by atoms with Crippen molar-refractivity contribution in [2.45, 2.75) is 31.8 Å². The largest absolute Gasteiger partial charge is 0.474 e. The molecule has 2 atom stereocenters. The molecule has 3 aromatic rings. The van der Waals surface area contributed by atoms with Crippen LogP contribution in [0, 0.1) is 5.92 Å². The Morgan fingerprint density at radius 1 is 0.970 bits per heavy atom. The van der Waals surface area contributed by atoms with Crippen LogP contribution in [0.3, 0.4) is 0 Å². The van der Waals surface area contributed by atoms with Crippen LogP contribution in [-0.4, -0.2) is 34.0 Å². The topological polar surface area (TPSA) is 43.2 Å². The molecule has 176 valence electrons. The molecule has 0 spiro atoms. The van der Waals surface area contributed by atoms with Gasteiger partial charge in [0.05, 0.1) is 11.3 Å². The number of anilines is 1. The van der Waals surface area contributed by atoms with Gasteiger partial charge in [0.25, 0.3) is 0 Å². The number of piperidine rings is 1. The van der Waals surface area contributed by atoms with Crippen molar-refractivity contribution in [2.24, 2.45) is 5.92 Å². The quantitative estimate of drug-likeness (QED) is 0.466. The van der Waals surface area contributed by atoms with Gasteiger partial charge in [0.2, 0.25) is 5.88 Å². The van der Waals surface area contributed by atoms with Crippen molar-refractivity contribution in [1.82, 2.24) is 14.8 Å². The first-order valence-corrected chi connectivity index (χ1v) is 10.2. The molecule has 3 heterocycles. The summed E-state index contributed by atoms with van der Waals surface area (Å²) in [6, 6.07) is 11.5. The third-order valence-electron chi connectivity index (χ3n) is 5.47. The monoisotopic (exact) mass is 470 g/mol. The van der Waals surface area contributed by atoms with Crippen molar-refractivity contribution in [1.29, 1.82) is 0 Å². The molecule has 0 unspecified atom stereocenters. The van der Waals surface area contributed by atoms with Crippen molar-refractivity contribution in [3.05, 3.63) is 66.0 Å². The maximum absolute atomic E-state index is 13.3. The van der Waals surface area contributed by atoms with Crippen LogP contribution in [0.5, 0.6) is 5.88 Å². The van der Waals surface area contributed by atoms with Crippen molar-refractivity contribution < 1.29 is 31.1 Å². The molecule has 2 aromatic heterocycles. The molecule has 33 heavy (non-hydrogen) atoms. The van der Waals surface area contributed by atoms with Gasteiger partial charge in [0.15, 0.2) is 5.69 Å². The van der Waals surface area contributed by atoms with Gasteiger partial charge >= 0.3 is 12.4 Å². The molecule has 1 saturated heterocycles. The summed E-state index contributed by atoms with van der Waals surface area (Å²) in [5, 5.41) is 3.69. The fourth-order valence-corrected chi connectivity index (χ4v) is 3.74. The molecule has 0 N–H and O–H groups in total. The highest BCUT2D eigenvalue weighted by atomic mass is 19.4. The lowest BCUT2D eigenvalue weighted by Crippen LogP contribution is -2.45. The number of hydrogen-bond donors (Lipinski definition) is 0. The fourth-order valence-electron chi connectivity index (χ4n) is 3.74. The SMILES string of the molecule is C[C@H]1CN(c2ccc(C(F)(F)F)cn2)CC[C@@H]1Oc1cc(C(F)(F)F)nn1-c1ccccc1. The van der Waals surface area contributed by atoms with Gasteiger partial charge in [-0.25, -0.2) is 9.67 Å². The first-order valence-electron chi connectivity index (χ1n) is 10.2. The van der Waals surface area contributed by atoms with Crippen LogP contribution in [0.15, 0.2) is 54.7 Å². The molecule has 0 amide bonds. The lowest BCUT2D eigenvalue weighted by molar-refractivity contribution is -0.141. The Labute approximate surface area is 185 Å². The van der Waals surface area contributed by atoms with Crippen molar-refractivity contribution in [3.63, 3.8) is 0 Å². The third kappa shape index (κ3) is 5.07. The Kier molecular flexibility index (Phi) is 5.98. The molecule has 11 heteroatoms. The number of nitrogens with zero attached hydrogens (tertiary/aromatic N) is 4. The molecule has 0 aliphatic carbocycles. The summed E-state index contributed by atoms with van der Waals surface area (Å²) in [6.07, 6.45) is -8.25. The lowest BCUT2D eigenvalue weighted by Gasteiger charge is -2.37. The first kappa shape index (κ1) is 22.9. The Hall–Kier alpha value is -3.24. The minimum absolute atomic E-state index is 0.0218. The molecule has 0 saturated carbocycles. The number of rotatable bonds is 4. The van der Waals surface area contributed by atoms with E-state index in [-0.39, 0.29) is 11.8 Å². The molecule has 0 bridgehead atoms. The van der Waals surface area contributed by atoms with Crippen LogP contribution in [0.2, 0.25) is 0 Å². The number of pyridine rings is 1. The maximum Gasteiger partial charge on any atom is 0.435 e. The number of aromatic nitrogens is 3. The summed E-state index contributed by atoms with van der Waals surface area (Å²) in [6.45, 7) is 2.72. The zero-order chi connectivity index (χ0) is 23.8. The van der Waals surface area contributed by atoms with Gasteiger partial charge in [0.1, 0.15) is 11.9 Å². The van der Waals surface area contributed by atoms with Gasteiger partial charge in [-0.1, -0.05) is 25.1 Å². The van der Waals surface area contributed by atoms with Crippen molar-refractivity contribution in [3.8, 4) is 11.6 Å². The Balaban J connectivity index is 1.50. The second-order valence-electron chi connectivity index (χ2n) is 7.88. The van der Waals surface area contributed by atoms with Crippen LogP contribution in [0.1, 0.15) is 24.6 Å². The van der Waals surface area contributed by atoms with E-state index in [0.717, 1.165) is 23.0 Å². The van der Waals surface area contributed by atoms with E-state index in [2.05, 4.69) is 10.1 Å². The van der Waals surface area contributed by atoms with Crippen LogP contribution >= 0.6 is 0 Å². The molecule has 4 rings (SSSR count). The van der Waals surface area contributed by atoms with E-state index in [4.69, 9.17) is 4.74 Å². The molecule has 0 radical (unpaired) electrons. The Bertz CT molecular complexity index is 1080. The Morgan fingerprint density at radius 3 is 2.27 bits per heavy atom. The highest BCUT2D eigenvalue weighted by Crippen LogP contribution is 2.34. The maximum atomic E-state index is 13.3. The molecule has 1 aromatic carbocycles. The van der Waals surface area contributed by atoms with Gasteiger partial charge in [0, 0.05) is 37.7 Å². The van der Waals surface area contributed by atoms with Crippen LogP contribution in [-0.2, 0) is 12.4 Å². The van der Waals surface area contributed by atoms with Crippen molar-refractivity contribution >= 4 is 5.82 Å². The van der Waals surface area contributed by atoms with E-state index in [9.17, 15) is 26.3 Å². The molecular weight excluding hydrogens is 450 g/mol. The van der Waals surface area contributed by atoms with Gasteiger partial charge in [-0.05, 0) is 24.3 Å². The van der Waals surface area contributed by atoms with E-state index in [1.807, 2.05) is 11.8 Å². The number of ether oxygens (including phenoxy) is 1. The highest BCUT2D eigenvalue weighted by molar-refractivity contribution is 5.41. The first-order chi connectivity index (χ1) is 15.5. The smallest absolute Gasteiger partial charge is 0.435 e. The predicted octanol–water partition coefficient (Wildman–Crippen LogP) is 5.60. The molecule has 5 nitrogen and oxygen atoms in total. The Morgan fingerprint density at radius 2 is 1.70 bits per heavy atom. The predicted molar refractivity (Wildman–Crippen MR) is 108 cm³/mol. The zero-order valence-corrected chi connectivity index (χ0v) is 17.4. The van der Waals surface area contributed by atoms with Gasteiger partial charge in [-0.15, -0.1) is 0 Å². The molecule has 1 fully saturated rings. The number of benzene rings is 1. The van der Waals surface area contributed by atoms with Crippen LogP contribution < -0.4 is 9.64 Å². The normalized spacial score (nSPS) is 19.5. The van der Waals surface area contributed by atoms with Gasteiger partial charge in [-0.3, -0.25) is 0 Å². The second kappa shape index (κ2) is 8.60. The van der Waals surface area contributed by atoms with Crippen LogP contribution in [0.25, 0.3) is 5.69 Å². The number of alkyl halides is 6. The average molecular weight is 470 g/mol. The van der Waals surface area contributed by atoms with E-state index < -0.39 is 29.7 Å². The zero-order valence-electron chi connectivity index (χ0n) is 17.4. The number of halogens is 6. The molecular formula is C22H20F6N4O. The van der Waals surface area contributed by atoms with Crippen molar-refractivity contribution in [2.75, 3.05) is 18.0 Å². The van der Waals surface area contributed by atoms with Gasteiger partial charge < -0.3 is 9.64 Å². The highest BCUT2D eigenvalue weighted by Gasteiger charge is 2.37. The summed E-state index contributed by atoms with van der Waals surface area (Å²) in [4.78, 5) is 5.76. The molecule has 1 aliphatic heterocycles. The number of hydrogen-bond acceptors (Lipinski definition) is 4. The summed E-state index contributed by atoms with van der Waals surface area (Å²) in [7, 11) is 0. The summed E-state index contributed by atoms with van der Waals surface area (Å²) in [5.74, 6) is 0.254. The fraction of sp³-hybridized carbons (Fsp3) is 0.364. The standard InChI is InChI=1S/C22H20F6N4O/c1-14-13-31(19-8-7-15(12-29-19)21(23,24)25)10-9-17(14)33-20-11-18(22(26,27)28)30-32(20)16-5-3-2-4-6-16/h2-8,11-12,14,17H,9-10,13H2,1H3/t14-,17-/m0/s1. The third-order valence-corrected chi connectivity index (χ3v) is 5.47. The van der Waals surface area contributed by atoms with Gasteiger partial charge in [-0.2, -0.15) is 31.4 Å². The van der Waals surface area contributed by atoms with E-state index in [1.54, 1.807) is 30.3 Å². The summed E-state index contributed by atoms with van der Waals surface area (Å²) < 4.78 is 85.2. The summed E-state index contributed by atoms with van der Waals surface area (Å²) in [5.41, 5.74) is -1.45. The summed E-state index contributed by atoms with van der Waals surface area (Å²) >= 11 is 0. The molecule has 1 aliphatic rings. The van der Waals surface area contributed by atoms with E-state index >= 15 is 0 Å². The van der Waals surface area contributed by atoms with E-state index in [1.165, 1.54) is 6.07 Å². The number of para-hydroxylation sites is 1.